The minimum absolute atomic E-state index is 0.153. The van der Waals surface area contributed by atoms with E-state index in [-0.39, 0.29) is 17.8 Å². The Hall–Kier alpha value is -1.39. The van der Waals surface area contributed by atoms with E-state index < -0.39 is 0 Å². The Morgan fingerprint density at radius 2 is 2.15 bits per heavy atom. The van der Waals surface area contributed by atoms with Gasteiger partial charge in [-0.25, -0.2) is 4.98 Å². The maximum atomic E-state index is 11.6. The number of rotatable bonds is 2. The van der Waals surface area contributed by atoms with Gasteiger partial charge in [0.2, 0.25) is 5.82 Å². The second-order valence-electron chi connectivity index (χ2n) is 3.25. The molecule has 1 aromatic heterocycles. The van der Waals surface area contributed by atoms with Crippen LogP contribution in [0.5, 0.6) is 0 Å². The zero-order chi connectivity index (χ0) is 10.0. The number of aromatic nitrogens is 3. The average molecular weight is 182 g/mol. The molecule has 0 aliphatic heterocycles. The lowest BCUT2D eigenvalue weighted by Crippen LogP contribution is -2.33. The lowest BCUT2D eigenvalue weighted by atomic mass is 10.3. The molecular weight excluding hydrogens is 168 g/mol. The second kappa shape index (κ2) is 3.55. The van der Waals surface area contributed by atoms with Crippen LogP contribution in [0.1, 0.15) is 30.3 Å². The first-order valence-electron chi connectivity index (χ1n) is 4.18. The normalized spacial score (nSPS) is 10.5. The van der Waals surface area contributed by atoms with Crippen LogP contribution in [-0.4, -0.2) is 39.1 Å². The fourth-order valence-corrected chi connectivity index (χ4v) is 0.831. The monoisotopic (exact) mass is 182 g/mol. The van der Waals surface area contributed by atoms with Gasteiger partial charge in [-0.15, -0.1) is 5.10 Å². The van der Waals surface area contributed by atoms with Crippen molar-refractivity contribution in [3.8, 4) is 0 Å². The van der Waals surface area contributed by atoms with Gasteiger partial charge in [-0.3, -0.25) is 9.89 Å². The van der Waals surface area contributed by atoms with Crippen LogP contribution in [0.15, 0.2) is 0 Å². The molecule has 0 aliphatic carbocycles. The van der Waals surface area contributed by atoms with Gasteiger partial charge < -0.3 is 4.90 Å². The summed E-state index contributed by atoms with van der Waals surface area (Å²) in [7, 11) is 1.73. The highest BCUT2D eigenvalue weighted by Crippen LogP contribution is 2.00. The summed E-state index contributed by atoms with van der Waals surface area (Å²) >= 11 is 0. The summed E-state index contributed by atoms with van der Waals surface area (Å²) in [5.41, 5.74) is 0. The molecule has 0 bridgehead atoms. The number of carbonyl (C=O) groups is 1. The van der Waals surface area contributed by atoms with Crippen molar-refractivity contribution in [3.05, 3.63) is 11.6 Å². The summed E-state index contributed by atoms with van der Waals surface area (Å²) in [6, 6.07) is 0.159. The Morgan fingerprint density at radius 3 is 2.54 bits per heavy atom. The molecule has 5 heteroatoms. The predicted octanol–water partition coefficient (Wildman–Crippen LogP) is 0.594. The molecule has 0 aromatic carbocycles. The molecule has 0 unspecified atom stereocenters. The van der Waals surface area contributed by atoms with Crippen LogP contribution in [0, 0.1) is 6.92 Å². The number of nitrogens with one attached hydrogen (secondary N) is 1. The minimum atomic E-state index is -0.153. The molecule has 1 aromatic rings. The van der Waals surface area contributed by atoms with E-state index in [0.717, 1.165) is 0 Å². The third-order valence-corrected chi connectivity index (χ3v) is 1.88. The van der Waals surface area contributed by atoms with E-state index in [1.807, 2.05) is 13.8 Å². The van der Waals surface area contributed by atoms with Crippen molar-refractivity contribution in [2.45, 2.75) is 26.8 Å². The Balaban J connectivity index is 2.79. The minimum Gasteiger partial charge on any atom is -0.337 e. The number of H-pyrrole nitrogens is 1. The summed E-state index contributed by atoms with van der Waals surface area (Å²) in [6.07, 6.45) is 0. The SMILES string of the molecule is Cc1nc(C(=O)N(C)C(C)C)n[nH]1. The molecule has 0 saturated carbocycles. The van der Waals surface area contributed by atoms with Crippen LogP contribution < -0.4 is 0 Å². The number of amides is 1. The number of hydrogen-bond acceptors (Lipinski definition) is 3. The fourth-order valence-electron chi connectivity index (χ4n) is 0.831. The number of nitrogens with zero attached hydrogens (tertiary/aromatic N) is 3. The molecule has 0 atom stereocenters. The van der Waals surface area contributed by atoms with E-state index in [0.29, 0.717) is 5.82 Å². The summed E-state index contributed by atoms with van der Waals surface area (Å²) in [4.78, 5) is 17.1. The van der Waals surface area contributed by atoms with Crippen LogP contribution in [-0.2, 0) is 0 Å². The quantitative estimate of drug-likeness (QED) is 0.728. The van der Waals surface area contributed by atoms with Crippen molar-refractivity contribution < 1.29 is 4.79 Å². The maximum Gasteiger partial charge on any atom is 0.293 e. The Labute approximate surface area is 77.2 Å². The van der Waals surface area contributed by atoms with Gasteiger partial charge in [0.1, 0.15) is 5.82 Å². The number of carbonyl (C=O) groups excluding carboxylic acids is 1. The van der Waals surface area contributed by atoms with Gasteiger partial charge in [-0.2, -0.15) is 0 Å². The highest BCUT2D eigenvalue weighted by molar-refractivity contribution is 5.90. The smallest absolute Gasteiger partial charge is 0.293 e. The topological polar surface area (TPSA) is 61.9 Å². The highest BCUT2D eigenvalue weighted by atomic mass is 16.2. The first kappa shape index (κ1) is 9.70. The third kappa shape index (κ3) is 2.05. The van der Waals surface area contributed by atoms with E-state index in [1.54, 1.807) is 18.9 Å². The summed E-state index contributed by atoms with van der Waals surface area (Å²) in [6.45, 7) is 5.65. The van der Waals surface area contributed by atoms with Crippen LogP contribution in [0.3, 0.4) is 0 Å². The Kier molecular flexibility index (Phi) is 2.65. The molecule has 1 rings (SSSR count). The lowest BCUT2D eigenvalue weighted by molar-refractivity contribution is 0.0743. The van der Waals surface area contributed by atoms with Crippen LogP contribution >= 0.6 is 0 Å². The van der Waals surface area contributed by atoms with Crippen LogP contribution in [0.2, 0.25) is 0 Å². The molecule has 1 heterocycles. The van der Waals surface area contributed by atoms with Crippen LogP contribution in [0.25, 0.3) is 0 Å². The van der Waals surface area contributed by atoms with E-state index >= 15 is 0 Å². The van der Waals surface area contributed by atoms with Crippen molar-refractivity contribution in [1.29, 1.82) is 0 Å². The molecule has 0 radical (unpaired) electrons. The summed E-state index contributed by atoms with van der Waals surface area (Å²) in [5, 5.41) is 6.43. The van der Waals surface area contributed by atoms with Gasteiger partial charge in [0.25, 0.3) is 5.91 Å². The molecule has 0 aliphatic rings. The van der Waals surface area contributed by atoms with Gasteiger partial charge in [-0.05, 0) is 20.8 Å². The lowest BCUT2D eigenvalue weighted by Gasteiger charge is -2.19. The van der Waals surface area contributed by atoms with E-state index in [2.05, 4.69) is 15.2 Å². The summed E-state index contributed by atoms with van der Waals surface area (Å²) < 4.78 is 0. The van der Waals surface area contributed by atoms with Gasteiger partial charge >= 0.3 is 0 Å². The first-order valence-corrected chi connectivity index (χ1v) is 4.18. The molecule has 13 heavy (non-hydrogen) atoms. The molecule has 5 nitrogen and oxygen atoms in total. The largest absolute Gasteiger partial charge is 0.337 e. The molecule has 1 amide bonds. The Bertz CT molecular complexity index is 305. The average Bonchev–Trinajstić information content (AvgIpc) is 2.49. The first-order chi connectivity index (χ1) is 6.02. The van der Waals surface area contributed by atoms with Gasteiger partial charge in [0, 0.05) is 13.1 Å². The molecular formula is C8H14N4O. The Morgan fingerprint density at radius 1 is 1.54 bits per heavy atom. The van der Waals surface area contributed by atoms with Gasteiger partial charge in [0.15, 0.2) is 0 Å². The number of aromatic amines is 1. The van der Waals surface area contributed by atoms with Crippen molar-refractivity contribution in [3.63, 3.8) is 0 Å². The second-order valence-corrected chi connectivity index (χ2v) is 3.25. The predicted molar refractivity (Wildman–Crippen MR) is 48.3 cm³/mol. The zero-order valence-corrected chi connectivity index (χ0v) is 8.33. The van der Waals surface area contributed by atoms with Crippen LogP contribution in [0.4, 0.5) is 0 Å². The van der Waals surface area contributed by atoms with Gasteiger partial charge in [0.05, 0.1) is 0 Å². The number of aryl methyl sites for hydroxylation is 1. The molecule has 1 N–H and O–H groups in total. The molecule has 0 spiro atoms. The fraction of sp³-hybridized carbons (Fsp3) is 0.625. The van der Waals surface area contributed by atoms with Crippen molar-refractivity contribution in [1.82, 2.24) is 20.1 Å². The van der Waals surface area contributed by atoms with E-state index in [4.69, 9.17) is 0 Å². The maximum absolute atomic E-state index is 11.6. The molecule has 0 fully saturated rings. The number of hydrogen-bond donors (Lipinski definition) is 1. The van der Waals surface area contributed by atoms with Gasteiger partial charge in [-0.1, -0.05) is 0 Å². The highest BCUT2D eigenvalue weighted by Gasteiger charge is 2.17. The standard InChI is InChI=1S/C8H14N4O/c1-5(2)12(4)8(13)7-9-6(3)10-11-7/h5H,1-4H3,(H,9,10,11). The van der Waals surface area contributed by atoms with Crippen molar-refractivity contribution >= 4 is 5.91 Å². The van der Waals surface area contributed by atoms with Crippen molar-refractivity contribution in [2.75, 3.05) is 7.05 Å². The van der Waals surface area contributed by atoms with Crippen molar-refractivity contribution in [2.24, 2.45) is 0 Å². The third-order valence-electron chi connectivity index (χ3n) is 1.88. The molecule has 72 valence electrons. The summed E-state index contributed by atoms with van der Waals surface area (Å²) in [5.74, 6) is 0.730. The van der Waals surface area contributed by atoms with E-state index in [9.17, 15) is 4.79 Å². The zero-order valence-electron chi connectivity index (χ0n) is 8.33. The van der Waals surface area contributed by atoms with E-state index in [1.165, 1.54) is 0 Å². The molecule has 0 saturated heterocycles.